The van der Waals surface area contributed by atoms with Gasteiger partial charge in [-0.25, -0.2) is 9.59 Å². The molecule has 4 unspecified atom stereocenters. The second-order valence-electron chi connectivity index (χ2n) is 6.90. The number of hydrogen-bond acceptors (Lipinski definition) is 8. The van der Waals surface area contributed by atoms with Crippen LogP contribution in [0.3, 0.4) is 0 Å². The molecule has 8 nitrogen and oxygen atoms in total. The van der Waals surface area contributed by atoms with Gasteiger partial charge in [0.2, 0.25) is 0 Å². The van der Waals surface area contributed by atoms with Gasteiger partial charge in [-0.05, 0) is 30.4 Å². The molecular formula is C29H36O8. The standard InChI is InChI=1S/C13H14O4.C12H10O4.2C2H6/c1-3-16-12(14)10-8-5-6-9(7-8)11(10)13(15)17-4-2;1-3-15-11(13)9-7-5-6-8-10(9)12(14)16-4-2;2*1-2/h3-6,8-11H,1-2,7H2;3-8H,1-2H2;2*1-2H3. The van der Waals surface area contributed by atoms with Gasteiger partial charge in [-0.2, -0.15) is 0 Å². The van der Waals surface area contributed by atoms with E-state index >= 15 is 0 Å². The van der Waals surface area contributed by atoms with Crippen LogP contribution in [-0.4, -0.2) is 23.9 Å². The Morgan fingerprint density at radius 1 is 0.649 bits per heavy atom. The molecule has 0 aromatic heterocycles. The first-order chi connectivity index (χ1) is 17.9. The maximum Gasteiger partial charge on any atom is 0.343 e. The Morgan fingerprint density at radius 2 is 0.973 bits per heavy atom. The van der Waals surface area contributed by atoms with Crippen LogP contribution in [0.2, 0.25) is 0 Å². The maximum absolute atomic E-state index is 11.8. The van der Waals surface area contributed by atoms with Crippen molar-refractivity contribution >= 4 is 23.9 Å². The van der Waals surface area contributed by atoms with Crippen molar-refractivity contribution in [2.75, 3.05) is 0 Å². The van der Waals surface area contributed by atoms with Crippen molar-refractivity contribution in [2.45, 2.75) is 34.1 Å². The number of carbonyl (C=O) groups is 4. The van der Waals surface area contributed by atoms with E-state index in [0.717, 1.165) is 31.5 Å². The molecule has 3 rings (SSSR count). The molecule has 0 amide bonds. The lowest BCUT2D eigenvalue weighted by atomic mass is 9.83. The molecule has 2 aliphatic carbocycles. The van der Waals surface area contributed by atoms with Gasteiger partial charge in [-0.15, -0.1) is 0 Å². The van der Waals surface area contributed by atoms with Gasteiger partial charge >= 0.3 is 23.9 Å². The minimum absolute atomic E-state index is 0.0646. The molecule has 200 valence electrons. The summed E-state index contributed by atoms with van der Waals surface area (Å²) in [5.41, 5.74) is 0.239. The normalized spacial score (nSPS) is 19.5. The zero-order valence-electron chi connectivity index (χ0n) is 21.9. The molecular weight excluding hydrogens is 476 g/mol. The van der Waals surface area contributed by atoms with E-state index in [1.165, 1.54) is 12.1 Å². The lowest BCUT2D eigenvalue weighted by Crippen LogP contribution is -2.34. The van der Waals surface area contributed by atoms with Crippen molar-refractivity contribution in [3.8, 4) is 0 Å². The van der Waals surface area contributed by atoms with Gasteiger partial charge in [0.25, 0.3) is 0 Å². The van der Waals surface area contributed by atoms with E-state index in [1.54, 1.807) is 12.1 Å². The van der Waals surface area contributed by atoms with E-state index in [4.69, 9.17) is 9.47 Å². The number of allylic oxidation sites excluding steroid dienone is 2. The number of ether oxygens (including phenoxy) is 4. The Morgan fingerprint density at radius 3 is 1.27 bits per heavy atom. The fraction of sp³-hybridized carbons (Fsp3) is 0.310. The van der Waals surface area contributed by atoms with E-state index in [9.17, 15) is 19.2 Å². The lowest BCUT2D eigenvalue weighted by molar-refractivity contribution is -0.155. The quantitative estimate of drug-likeness (QED) is 0.177. The van der Waals surface area contributed by atoms with Crippen LogP contribution < -0.4 is 0 Å². The van der Waals surface area contributed by atoms with E-state index in [-0.39, 0.29) is 23.0 Å². The molecule has 1 saturated carbocycles. The summed E-state index contributed by atoms with van der Waals surface area (Å²) < 4.78 is 18.8. The Hall–Kier alpha value is -4.20. The zero-order valence-corrected chi connectivity index (χ0v) is 21.9. The molecule has 2 aliphatic rings. The maximum atomic E-state index is 11.8. The van der Waals surface area contributed by atoms with Crippen LogP contribution in [0, 0.1) is 23.7 Å². The predicted octanol–water partition coefficient (Wildman–Crippen LogP) is 6.14. The Bertz CT molecular complexity index is 914. The SMILES string of the molecule is C=COC(=O)C1C2C=CC(C2)C1C(=O)OC=C.C=COC(=O)c1ccccc1C(=O)OC=C.CC.CC. The van der Waals surface area contributed by atoms with E-state index < -0.39 is 35.7 Å². The molecule has 0 saturated heterocycles. The summed E-state index contributed by atoms with van der Waals surface area (Å²) in [6.07, 6.45) is 8.92. The third kappa shape index (κ3) is 9.07. The topological polar surface area (TPSA) is 105 Å². The summed E-state index contributed by atoms with van der Waals surface area (Å²) in [5.74, 6) is -2.94. The van der Waals surface area contributed by atoms with E-state index in [0.29, 0.717) is 0 Å². The van der Waals surface area contributed by atoms with Gasteiger partial charge in [0.15, 0.2) is 0 Å². The summed E-state index contributed by atoms with van der Waals surface area (Å²) in [6.45, 7) is 21.2. The van der Waals surface area contributed by atoms with Crippen LogP contribution in [0.25, 0.3) is 0 Å². The highest BCUT2D eigenvalue weighted by Crippen LogP contribution is 2.49. The first kappa shape index (κ1) is 32.8. The van der Waals surface area contributed by atoms with Crippen LogP contribution in [0.5, 0.6) is 0 Å². The molecule has 4 atom stereocenters. The van der Waals surface area contributed by atoms with Crippen LogP contribution in [0.4, 0.5) is 0 Å². The van der Waals surface area contributed by atoms with Gasteiger partial charge < -0.3 is 18.9 Å². The van der Waals surface area contributed by atoms with Crippen molar-refractivity contribution in [2.24, 2.45) is 23.7 Å². The van der Waals surface area contributed by atoms with Gasteiger partial charge in [-0.3, -0.25) is 9.59 Å². The van der Waals surface area contributed by atoms with E-state index in [1.807, 2.05) is 39.8 Å². The van der Waals surface area contributed by atoms with Crippen molar-refractivity contribution < 1.29 is 38.1 Å². The second kappa shape index (κ2) is 18.1. The predicted molar refractivity (Wildman–Crippen MR) is 141 cm³/mol. The highest BCUT2D eigenvalue weighted by molar-refractivity contribution is 6.03. The second-order valence-corrected chi connectivity index (χ2v) is 6.90. The molecule has 1 aromatic rings. The summed E-state index contributed by atoms with van der Waals surface area (Å²) in [7, 11) is 0. The van der Waals surface area contributed by atoms with Crippen LogP contribution in [0.15, 0.2) is 87.8 Å². The number of hydrogen-bond donors (Lipinski definition) is 0. The van der Waals surface area contributed by atoms with Crippen LogP contribution in [-0.2, 0) is 28.5 Å². The molecule has 0 N–H and O–H groups in total. The highest BCUT2D eigenvalue weighted by Gasteiger charge is 2.52. The number of rotatable bonds is 8. The van der Waals surface area contributed by atoms with Crippen molar-refractivity contribution in [1.82, 2.24) is 0 Å². The van der Waals surface area contributed by atoms with Gasteiger partial charge in [0.05, 0.1) is 48.0 Å². The average molecular weight is 513 g/mol. The smallest absolute Gasteiger partial charge is 0.343 e. The first-order valence-electron chi connectivity index (χ1n) is 11.9. The third-order valence-electron chi connectivity index (χ3n) is 5.15. The summed E-state index contributed by atoms with van der Waals surface area (Å²) in [4.78, 5) is 46.5. The summed E-state index contributed by atoms with van der Waals surface area (Å²) in [6, 6.07) is 6.16. The molecule has 2 bridgehead atoms. The Labute approximate surface area is 218 Å². The Kier molecular flexibility index (Phi) is 16.1. The first-order valence-corrected chi connectivity index (χ1v) is 11.9. The highest BCUT2D eigenvalue weighted by atomic mass is 16.5. The molecule has 0 aliphatic heterocycles. The molecule has 1 fully saturated rings. The minimum Gasteiger partial charge on any atom is -0.435 e. The number of fused-ring (bicyclic) bond motifs is 2. The molecule has 8 heteroatoms. The van der Waals surface area contributed by atoms with Crippen LogP contribution >= 0.6 is 0 Å². The fourth-order valence-electron chi connectivity index (χ4n) is 3.90. The minimum atomic E-state index is -0.661. The van der Waals surface area contributed by atoms with Crippen molar-refractivity contribution in [3.63, 3.8) is 0 Å². The largest absolute Gasteiger partial charge is 0.435 e. The van der Waals surface area contributed by atoms with Crippen molar-refractivity contribution in [3.05, 3.63) is 98.9 Å². The fourth-order valence-corrected chi connectivity index (χ4v) is 3.90. The summed E-state index contributed by atoms with van der Waals surface area (Å²) in [5, 5.41) is 0. The zero-order chi connectivity index (χ0) is 28.4. The number of benzene rings is 1. The molecule has 37 heavy (non-hydrogen) atoms. The Balaban J connectivity index is 0.000000619. The number of esters is 4. The molecule has 0 radical (unpaired) electrons. The molecule has 0 spiro atoms. The molecule has 1 aromatic carbocycles. The van der Waals surface area contributed by atoms with Gasteiger partial charge in [-0.1, -0.05) is 78.3 Å². The lowest BCUT2D eigenvalue weighted by Gasteiger charge is -2.23. The van der Waals surface area contributed by atoms with Crippen LogP contribution in [0.1, 0.15) is 54.8 Å². The van der Waals surface area contributed by atoms with Gasteiger partial charge in [0.1, 0.15) is 0 Å². The molecule has 0 heterocycles. The van der Waals surface area contributed by atoms with E-state index in [2.05, 4.69) is 35.8 Å². The monoisotopic (exact) mass is 512 g/mol. The van der Waals surface area contributed by atoms with Gasteiger partial charge in [0, 0.05) is 0 Å². The average Bonchev–Trinajstić information content (AvgIpc) is 3.54. The van der Waals surface area contributed by atoms with Crippen molar-refractivity contribution in [1.29, 1.82) is 0 Å². The summed E-state index contributed by atoms with van der Waals surface area (Å²) >= 11 is 0. The third-order valence-corrected chi connectivity index (χ3v) is 5.15. The number of carbonyl (C=O) groups excluding carboxylic acids is 4.